The molecule has 1 aliphatic heterocycles. The van der Waals surface area contributed by atoms with Gasteiger partial charge >= 0.3 is 0 Å². The number of piperazine rings is 1. The van der Waals surface area contributed by atoms with Crippen molar-refractivity contribution in [1.29, 1.82) is 0 Å². The Balaban J connectivity index is 2.34. The van der Waals surface area contributed by atoms with E-state index in [0.717, 1.165) is 25.3 Å². The third-order valence-electron chi connectivity index (χ3n) is 1.27. The Labute approximate surface area is 50.2 Å². The molecule has 8 heavy (non-hydrogen) atoms. The second-order valence-corrected chi connectivity index (χ2v) is 2.19. The molecule has 0 aromatic carbocycles. The summed E-state index contributed by atoms with van der Waals surface area (Å²) in [5.74, 6) is 0. The van der Waals surface area contributed by atoms with Gasteiger partial charge < -0.3 is 0 Å². The Bertz CT molecular complexity index is 98.7. The van der Waals surface area contributed by atoms with Crippen molar-refractivity contribution < 1.29 is 0 Å². The van der Waals surface area contributed by atoms with Crippen LogP contribution in [0, 0.1) is 0 Å². The van der Waals surface area contributed by atoms with E-state index in [9.17, 15) is 0 Å². The standard InChI is InChI=1S/C6H11N2/c1-6-5-8(2)4-3-7-6/h1,3-5H2,2H3. The first-order valence-corrected chi connectivity index (χ1v) is 2.83. The molecule has 0 N–H and O–H groups in total. The van der Waals surface area contributed by atoms with Gasteiger partial charge in [0.05, 0.1) is 6.54 Å². The molecule has 0 bridgehead atoms. The first-order chi connectivity index (χ1) is 3.79. The monoisotopic (exact) mass is 111 g/mol. The Morgan fingerprint density at radius 3 is 2.88 bits per heavy atom. The summed E-state index contributed by atoms with van der Waals surface area (Å²) in [6.45, 7) is 6.71. The van der Waals surface area contributed by atoms with Gasteiger partial charge in [-0.3, -0.25) is 10.2 Å². The molecule has 1 rings (SSSR count). The Morgan fingerprint density at radius 2 is 2.50 bits per heavy atom. The second kappa shape index (κ2) is 2.18. The molecular formula is C6H11N2. The van der Waals surface area contributed by atoms with Gasteiger partial charge in [0.2, 0.25) is 0 Å². The SMILES string of the molecule is C=C1CN(C)CC[N]1. The predicted octanol–water partition coefficient (Wildman–Crippen LogP) is 0.0499. The molecule has 1 radical (unpaired) electrons. The van der Waals surface area contributed by atoms with Crippen LogP contribution in [0.4, 0.5) is 0 Å². The first-order valence-electron chi connectivity index (χ1n) is 2.83. The van der Waals surface area contributed by atoms with Gasteiger partial charge in [-0.25, -0.2) is 0 Å². The van der Waals surface area contributed by atoms with Crippen molar-refractivity contribution >= 4 is 0 Å². The zero-order valence-corrected chi connectivity index (χ0v) is 5.22. The fourth-order valence-electron chi connectivity index (χ4n) is 0.819. The fraction of sp³-hybridized carbons (Fsp3) is 0.667. The quantitative estimate of drug-likeness (QED) is 0.432. The first kappa shape index (κ1) is 5.63. The van der Waals surface area contributed by atoms with Crippen LogP contribution >= 0.6 is 0 Å². The molecule has 1 fully saturated rings. The second-order valence-electron chi connectivity index (χ2n) is 2.19. The van der Waals surface area contributed by atoms with Crippen LogP contribution in [0.15, 0.2) is 12.3 Å². The highest BCUT2D eigenvalue weighted by molar-refractivity contribution is 4.96. The largest absolute Gasteiger partial charge is 0.299 e. The maximum absolute atomic E-state index is 4.14. The lowest BCUT2D eigenvalue weighted by atomic mass is 10.3. The molecular weight excluding hydrogens is 100 g/mol. The van der Waals surface area contributed by atoms with E-state index in [4.69, 9.17) is 0 Å². The van der Waals surface area contributed by atoms with Crippen LogP contribution < -0.4 is 5.32 Å². The van der Waals surface area contributed by atoms with Crippen LogP contribution in [0.25, 0.3) is 0 Å². The normalized spacial score (nSPS) is 22.9. The number of hydrogen-bond acceptors (Lipinski definition) is 1. The molecule has 2 nitrogen and oxygen atoms in total. The third-order valence-corrected chi connectivity index (χ3v) is 1.27. The van der Waals surface area contributed by atoms with E-state index < -0.39 is 0 Å². The molecule has 0 saturated carbocycles. The topological polar surface area (TPSA) is 17.3 Å². The Morgan fingerprint density at radius 1 is 1.75 bits per heavy atom. The van der Waals surface area contributed by atoms with Crippen LogP contribution in [-0.2, 0) is 0 Å². The number of rotatable bonds is 0. The highest BCUT2D eigenvalue weighted by Crippen LogP contribution is 1.96. The lowest BCUT2D eigenvalue weighted by Crippen LogP contribution is -2.35. The zero-order chi connectivity index (χ0) is 5.98. The summed E-state index contributed by atoms with van der Waals surface area (Å²) in [5.41, 5.74) is 1.01. The molecule has 45 valence electrons. The lowest BCUT2D eigenvalue weighted by molar-refractivity contribution is 0.321. The third kappa shape index (κ3) is 1.23. The summed E-state index contributed by atoms with van der Waals surface area (Å²) in [4.78, 5) is 2.22. The van der Waals surface area contributed by atoms with Crippen molar-refractivity contribution in [1.82, 2.24) is 10.2 Å². The zero-order valence-electron chi connectivity index (χ0n) is 5.22. The van der Waals surface area contributed by atoms with E-state index >= 15 is 0 Å². The summed E-state index contributed by atoms with van der Waals surface area (Å²) in [5, 5.41) is 4.14. The van der Waals surface area contributed by atoms with E-state index in [1.165, 1.54) is 0 Å². The molecule has 0 spiro atoms. The lowest BCUT2D eigenvalue weighted by Gasteiger charge is -2.22. The van der Waals surface area contributed by atoms with Gasteiger partial charge in [-0.1, -0.05) is 6.58 Å². The van der Waals surface area contributed by atoms with E-state index in [2.05, 4.69) is 23.8 Å². The fourth-order valence-corrected chi connectivity index (χ4v) is 0.819. The van der Waals surface area contributed by atoms with Gasteiger partial charge in [0.1, 0.15) is 0 Å². The smallest absolute Gasteiger partial charge is 0.0520 e. The van der Waals surface area contributed by atoms with E-state index in [-0.39, 0.29) is 0 Å². The highest BCUT2D eigenvalue weighted by Gasteiger charge is 2.06. The van der Waals surface area contributed by atoms with Crippen molar-refractivity contribution in [2.75, 3.05) is 26.7 Å². The molecule has 0 aliphatic carbocycles. The molecule has 1 saturated heterocycles. The summed E-state index contributed by atoms with van der Waals surface area (Å²) in [6.07, 6.45) is 0. The predicted molar refractivity (Wildman–Crippen MR) is 33.6 cm³/mol. The van der Waals surface area contributed by atoms with Crippen LogP contribution in [-0.4, -0.2) is 31.6 Å². The van der Waals surface area contributed by atoms with Gasteiger partial charge in [-0.2, -0.15) is 0 Å². The van der Waals surface area contributed by atoms with Crippen molar-refractivity contribution in [3.05, 3.63) is 12.3 Å². The minimum Gasteiger partial charge on any atom is -0.299 e. The number of hydrogen-bond donors (Lipinski definition) is 0. The van der Waals surface area contributed by atoms with Gasteiger partial charge in [0.25, 0.3) is 0 Å². The molecule has 1 heterocycles. The summed E-state index contributed by atoms with van der Waals surface area (Å²) in [6, 6.07) is 0. The van der Waals surface area contributed by atoms with Crippen LogP contribution in [0.3, 0.4) is 0 Å². The summed E-state index contributed by atoms with van der Waals surface area (Å²) < 4.78 is 0. The molecule has 0 aromatic rings. The van der Waals surface area contributed by atoms with E-state index in [1.54, 1.807) is 0 Å². The van der Waals surface area contributed by atoms with Gasteiger partial charge in [-0.15, -0.1) is 0 Å². The molecule has 1 aliphatic rings. The van der Waals surface area contributed by atoms with Crippen molar-refractivity contribution in [3.8, 4) is 0 Å². The van der Waals surface area contributed by atoms with Gasteiger partial charge in [-0.05, 0) is 7.05 Å². The van der Waals surface area contributed by atoms with Crippen LogP contribution in [0.1, 0.15) is 0 Å². The van der Waals surface area contributed by atoms with Gasteiger partial charge in [0.15, 0.2) is 0 Å². The number of likely N-dealkylation sites (N-methyl/N-ethyl adjacent to an activating group) is 1. The molecule has 0 amide bonds. The van der Waals surface area contributed by atoms with Crippen LogP contribution in [0.2, 0.25) is 0 Å². The van der Waals surface area contributed by atoms with Gasteiger partial charge in [0, 0.05) is 18.8 Å². The number of nitrogens with zero attached hydrogens (tertiary/aromatic N) is 2. The van der Waals surface area contributed by atoms with Crippen molar-refractivity contribution in [3.63, 3.8) is 0 Å². The summed E-state index contributed by atoms with van der Waals surface area (Å²) >= 11 is 0. The minimum atomic E-state index is 0.926. The Hall–Kier alpha value is -0.500. The maximum Gasteiger partial charge on any atom is 0.0520 e. The average Bonchev–Trinajstić information content (AvgIpc) is 1.64. The average molecular weight is 111 g/mol. The molecule has 0 aromatic heterocycles. The van der Waals surface area contributed by atoms with Crippen LogP contribution in [0.5, 0.6) is 0 Å². The maximum atomic E-state index is 4.14. The van der Waals surface area contributed by atoms with E-state index in [1.807, 2.05) is 0 Å². The molecule has 0 unspecified atom stereocenters. The molecule has 2 heteroatoms. The van der Waals surface area contributed by atoms with E-state index in [0.29, 0.717) is 0 Å². The molecule has 0 atom stereocenters. The highest BCUT2D eigenvalue weighted by atomic mass is 15.2. The Kier molecular flexibility index (Phi) is 1.53. The van der Waals surface area contributed by atoms with Crippen molar-refractivity contribution in [2.24, 2.45) is 0 Å². The van der Waals surface area contributed by atoms with Crippen molar-refractivity contribution in [2.45, 2.75) is 0 Å². The summed E-state index contributed by atoms with van der Waals surface area (Å²) in [7, 11) is 2.08. The minimum absolute atomic E-state index is 0.926.